The molecule has 3 unspecified atom stereocenters. The summed E-state index contributed by atoms with van der Waals surface area (Å²) in [6.07, 6.45) is 8.58. The molecule has 0 aromatic rings. The fraction of sp³-hybridized carbons (Fsp3) is 1.00. The molecule has 0 spiro atoms. The number of nitrogens with zero attached hydrogens (tertiary/aromatic N) is 1. The maximum absolute atomic E-state index is 2.49. The molecule has 1 nitrogen and oxygen atoms in total. The average molecular weight is 268 g/mol. The Morgan fingerprint density at radius 2 is 1.84 bits per heavy atom. The van der Waals surface area contributed by atoms with Crippen molar-refractivity contribution in [3.05, 3.63) is 0 Å². The van der Waals surface area contributed by atoms with Gasteiger partial charge in [0.1, 0.15) is 0 Å². The first kappa shape index (κ1) is 17.0. The third-order valence-electron chi connectivity index (χ3n) is 5.75. The summed E-state index contributed by atoms with van der Waals surface area (Å²) in [5, 5.41) is 0. The number of hydrogen-bond acceptors (Lipinski definition) is 1. The molecule has 1 fully saturated rings. The Morgan fingerprint density at radius 3 is 2.32 bits per heavy atom. The van der Waals surface area contributed by atoms with E-state index in [4.69, 9.17) is 0 Å². The molecule has 0 aromatic heterocycles. The summed E-state index contributed by atoms with van der Waals surface area (Å²) in [6.45, 7) is 14.4. The Hall–Kier alpha value is -0.0400. The summed E-state index contributed by atoms with van der Waals surface area (Å²) in [5.74, 6) is 3.07. The molecule has 0 aromatic carbocycles. The first-order valence-corrected chi connectivity index (χ1v) is 8.63. The van der Waals surface area contributed by atoms with Crippen LogP contribution in [0.1, 0.15) is 73.1 Å². The van der Waals surface area contributed by atoms with Crippen LogP contribution in [-0.2, 0) is 0 Å². The van der Waals surface area contributed by atoms with E-state index in [2.05, 4.69) is 46.6 Å². The largest absolute Gasteiger partial charge is 0.307 e. The molecule has 0 N–H and O–H groups in total. The molecule has 114 valence electrons. The lowest BCUT2D eigenvalue weighted by Crippen LogP contribution is -2.30. The molecule has 0 heterocycles. The van der Waals surface area contributed by atoms with Gasteiger partial charge in [-0.2, -0.15) is 0 Å². The van der Waals surface area contributed by atoms with Crippen LogP contribution in [-0.4, -0.2) is 25.0 Å². The van der Waals surface area contributed by atoms with E-state index in [0.29, 0.717) is 5.41 Å². The Kier molecular flexibility index (Phi) is 6.86. The molecule has 0 saturated heterocycles. The van der Waals surface area contributed by atoms with Gasteiger partial charge in [-0.3, -0.25) is 0 Å². The Bertz CT molecular complexity index is 246. The summed E-state index contributed by atoms with van der Waals surface area (Å²) >= 11 is 0. The van der Waals surface area contributed by atoms with Crippen molar-refractivity contribution in [1.29, 1.82) is 0 Å². The Morgan fingerprint density at radius 1 is 1.16 bits per heavy atom. The van der Waals surface area contributed by atoms with Crippen LogP contribution in [0.5, 0.6) is 0 Å². The predicted molar refractivity (Wildman–Crippen MR) is 86.5 cm³/mol. The second-order valence-electron chi connectivity index (χ2n) is 7.48. The van der Waals surface area contributed by atoms with E-state index in [0.717, 1.165) is 17.8 Å². The van der Waals surface area contributed by atoms with Crippen LogP contribution in [0.15, 0.2) is 0 Å². The first-order chi connectivity index (χ1) is 8.94. The zero-order chi connectivity index (χ0) is 14.5. The minimum Gasteiger partial charge on any atom is -0.307 e. The topological polar surface area (TPSA) is 3.24 Å². The predicted octanol–water partition coefficient (Wildman–Crippen LogP) is 5.21. The van der Waals surface area contributed by atoms with Crippen molar-refractivity contribution in [2.45, 2.75) is 73.1 Å². The standard InChI is InChI=1S/C18H37N/c1-7-15-14-16(15)10-11-17(8-2)18(4,5)12-13-19(6)9-3/h15-17H,7-14H2,1-6H3. The van der Waals surface area contributed by atoms with E-state index < -0.39 is 0 Å². The molecular formula is C18H37N. The highest BCUT2D eigenvalue weighted by Crippen LogP contribution is 2.47. The smallest absolute Gasteiger partial charge is 0.00167 e. The van der Waals surface area contributed by atoms with E-state index in [1.807, 2.05) is 0 Å². The number of hydrogen-bond donors (Lipinski definition) is 0. The van der Waals surface area contributed by atoms with Gasteiger partial charge in [0.2, 0.25) is 0 Å². The van der Waals surface area contributed by atoms with Crippen molar-refractivity contribution in [2.24, 2.45) is 23.2 Å². The van der Waals surface area contributed by atoms with Gasteiger partial charge in [0.15, 0.2) is 0 Å². The van der Waals surface area contributed by atoms with E-state index in [-0.39, 0.29) is 0 Å². The van der Waals surface area contributed by atoms with Crippen LogP contribution in [0.25, 0.3) is 0 Å². The van der Waals surface area contributed by atoms with Crippen molar-refractivity contribution >= 4 is 0 Å². The molecule has 0 radical (unpaired) electrons. The van der Waals surface area contributed by atoms with Gasteiger partial charge in [-0.15, -0.1) is 0 Å². The van der Waals surface area contributed by atoms with E-state index >= 15 is 0 Å². The molecular weight excluding hydrogens is 230 g/mol. The summed E-state index contributed by atoms with van der Waals surface area (Å²) in [6, 6.07) is 0. The van der Waals surface area contributed by atoms with Gasteiger partial charge in [0.25, 0.3) is 0 Å². The highest BCUT2D eigenvalue weighted by molar-refractivity contribution is 4.87. The van der Waals surface area contributed by atoms with Crippen LogP contribution in [0.4, 0.5) is 0 Å². The summed E-state index contributed by atoms with van der Waals surface area (Å²) < 4.78 is 0. The zero-order valence-electron chi connectivity index (χ0n) is 14.3. The summed E-state index contributed by atoms with van der Waals surface area (Å²) in [5.41, 5.74) is 0.509. The third kappa shape index (κ3) is 5.45. The van der Waals surface area contributed by atoms with Crippen molar-refractivity contribution < 1.29 is 0 Å². The van der Waals surface area contributed by atoms with Crippen LogP contribution in [0.2, 0.25) is 0 Å². The normalized spacial score (nSPS) is 24.8. The average Bonchev–Trinajstić information content (AvgIpc) is 3.15. The molecule has 3 atom stereocenters. The first-order valence-electron chi connectivity index (χ1n) is 8.63. The van der Waals surface area contributed by atoms with Crippen LogP contribution >= 0.6 is 0 Å². The second-order valence-corrected chi connectivity index (χ2v) is 7.48. The molecule has 1 heteroatoms. The van der Waals surface area contributed by atoms with Crippen molar-refractivity contribution in [1.82, 2.24) is 4.90 Å². The van der Waals surface area contributed by atoms with Gasteiger partial charge in [-0.25, -0.2) is 0 Å². The van der Waals surface area contributed by atoms with Gasteiger partial charge >= 0.3 is 0 Å². The fourth-order valence-electron chi connectivity index (χ4n) is 3.57. The molecule has 0 bridgehead atoms. The zero-order valence-corrected chi connectivity index (χ0v) is 14.3. The maximum atomic E-state index is 2.49. The van der Waals surface area contributed by atoms with Crippen LogP contribution in [0.3, 0.4) is 0 Å². The van der Waals surface area contributed by atoms with Gasteiger partial charge in [0, 0.05) is 0 Å². The lowest BCUT2D eigenvalue weighted by molar-refractivity contribution is 0.150. The molecule has 19 heavy (non-hydrogen) atoms. The summed E-state index contributed by atoms with van der Waals surface area (Å²) in [4.78, 5) is 2.45. The Balaban J connectivity index is 2.34. The molecule has 0 aliphatic heterocycles. The monoisotopic (exact) mass is 267 g/mol. The van der Waals surface area contributed by atoms with Crippen LogP contribution < -0.4 is 0 Å². The van der Waals surface area contributed by atoms with Crippen LogP contribution in [0, 0.1) is 23.2 Å². The van der Waals surface area contributed by atoms with E-state index in [1.54, 1.807) is 0 Å². The van der Waals surface area contributed by atoms with Crippen molar-refractivity contribution in [3.63, 3.8) is 0 Å². The molecule has 0 amide bonds. The highest BCUT2D eigenvalue weighted by Gasteiger charge is 2.36. The van der Waals surface area contributed by atoms with Gasteiger partial charge < -0.3 is 4.90 Å². The lowest BCUT2D eigenvalue weighted by Gasteiger charge is -2.35. The van der Waals surface area contributed by atoms with Crippen molar-refractivity contribution in [2.75, 3.05) is 20.1 Å². The molecule has 1 saturated carbocycles. The van der Waals surface area contributed by atoms with Crippen molar-refractivity contribution in [3.8, 4) is 0 Å². The SMILES string of the molecule is CCC1CC1CCC(CC)C(C)(C)CCN(C)CC. The van der Waals surface area contributed by atoms with Gasteiger partial charge in [-0.1, -0.05) is 47.5 Å². The van der Waals surface area contributed by atoms with E-state index in [1.165, 1.54) is 51.6 Å². The lowest BCUT2D eigenvalue weighted by atomic mass is 9.72. The van der Waals surface area contributed by atoms with Gasteiger partial charge in [-0.05, 0) is 69.0 Å². The second kappa shape index (κ2) is 7.67. The third-order valence-corrected chi connectivity index (χ3v) is 5.75. The minimum absolute atomic E-state index is 0.509. The Labute approximate surface area is 122 Å². The fourth-order valence-corrected chi connectivity index (χ4v) is 3.57. The quantitative estimate of drug-likeness (QED) is 0.525. The maximum Gasteiger partial charge on any atom is -0.00167 e. The molecule has 1 aliphatic carbocycles. The summed E-state index contributed by atoms with van der Waals surface area (Å²) in [7, 11) is 2.24. The highest BCUT2D eigenvalue weighted by atomic mass is 15.1. The molecule has 1 rings (SSSR count). The van der Waals surface area contributed by atoms with Gasteiger partial charge in [0.05, 0.1) is 0 Å². The van der Waals surface area contributed by atoms with E-state index in [9.17, 15) is 0 Å². The number of rotatable bonds is 10. The molecule has 1 aliphatic rings. The minimum atomic E-state index is 0.509.